The van der Waals surface area contributed by atoms with Gasteiger partial charge in [-0.25, -0.2) is 0 Å². The van der Waals surface area contributed by atoms with Gasteiger partial charge in [-0.05, 0) is 92.0 Å². The molecule has 0 amide bonds. The number of fused-ring (bicyclic) bond motifs is 6. The lowest BCUT2D eigenvalue weighted by Gasteiger charge is -2.35. The van der Waals surface area contributed by atoms with Gasteiger partial charge in [0.1, 0.15) is 11.2 Å². The van der Waals surface area contributed by atoms with E-state index in [1.165, 1.54) is 50.1 Å². The minimum atomic E-state index is -0.537. The van der Waals surface area contributed by atoms with Gasteiger partial charge in [0.25, 0.3) is 0 Å². The van der Waals surface area contributed by atoms with Crippen molar-refractivity contribution in [3.05, 3.63) is 271 Å². The Morgan fingerprint density at radius 1 is 0.317 bits per heavy atom. The summed E-state index contributed by atoms with van der Waals surface area (Å²) in [6.45, 7) is 0. The highest BCUT2D eigenvalue weighted by molar-refractivity contribution is 6.09. The normalized spacial score (nSPS) is 12.6. The molecule has 1 aliphatic carbocycles. The van der Waals surface area contributed by atoms with Gasteiger partial charge in [0.15, 0.2) is 0 Å². The fourth-order valence-corrected chi connectivity index (χ4v) is 10.2. The molecule has 296 valence electrons. The second-order valence-corrected chi connectivity index (χ2v) is 16.3. The molecule has 1 heterocycles. The molecule has 10 aromatic carbocycles. The molecule has 2 nitrogen and oxygen atoms in total. The van der Waals surface area contributed by atoms with Gasteiger partial charge in [0, 0.05) is 33.3 Å². The molecule has 0 saturated carbocycles. The summed E-state index contributed by atoms with van der Waals surface area (Å²) < 4.78 is 6.52. The monoisotopic (exact) mass is 803 g/mol. The molecule has 0 N–H and O–H groups in total. The molecule has 0 saturated heterocycles. The van der Waals surface area contributed by atoms with Gasteiger partial charge in [0.2, 0.25) is 0 Å². The molecular weight excluding hydrogens is 763 g/mol. The first-order valence-electron chi connectivity index (χ1n) is 21.7. The summed E-state index contributed by atoms with van der Waals surface area (Å²) in [7, 11) is 0. The molecule has 1 aliphatic rings. The van der Waals surface area contributed by atoms with Crippen molar-refractivity contribution in [2.45, 2.75) is 5.41 Å². The average molecular weight is 804 g/mol. The molecule has 0 fully saturated rings. The molecular formula is C61H41NO. The van der Waals surface area contributed by atoms with Gasteiger partial charge in [-0.2, -0.15) is 0 Å². The molecule has 63 heavy (non-hydrogen) atoms. The Morgan fingerprint density at radius 2 is 0.841 bits per heavy atom. The Bertz CT molecular complexity index is 3400. The highest BCUT2D eigenvalue weighted by Gasteiger charge is 2.46. The standard InChI is InChI=1S/C61H41NO/c1-4-19-42(20-5-1)48-25-10-11-26-50(48)53-28-13-16-33-58(53)62(46-37-35-43(36-38-46)49-30-18-31-55-54-29-14-17-34-59(54)63-60(49)55)47-39-40-52-51-27-12-15-32-56(51)61(57(52)41-47,44-21-6-2-7-22-44)45-23-8-3-9-24-45/h1-41H. The smallest absolute Gasteiger partial charge is 0.143 e. The van der Waals surface area contributed by atoms with Crippen LogP contribution in [0.3, 0.4) is 0 Å². The number of para-hydroxylation sites is 3. The lowest BCUT2D eigenvalue weighted by molar-refractivity contribution is 0.670. The van der Waals surface area contributed by atoms with Crippen molar-refractivity contribution in [2.24, 2.45) is 0 Å². The predicted molar refractivity (Wildman–Crippen MR) is 262 cm³/mol. The number of hydrogen-bond donors (Lipinski definition) is 0. The Hall–Kier alpha value is -8.20. The maximum atomic E-state index is 6.52. The van der Waals surface area contributed by atoms with Crippen LogP contribution in [0, 0.1) is 0 Å². The summed E-state index contributed by atoms with van der Waals surface area (Å²) in [5, 5.41) is 2.25. The van der Waals surface area contributed by atoms with Crippen LogP contribution in [0.4, 0.5) is 17.1 Å². The van der Waals surface area contributed by atoms with Gasteiger partial charge in [-0.1, -0.05) is 212 Å². The third kappa shape index (κ3) is 5.87. The van der Waals surface area contributed by atoms with Crippen molar-refractivity contribution in [3.63, 3.8) is 0 Å². The zero-order chi connectivity index (χ0) is 41.7. The number of nitrogens with zero attached hydrogens (tertiary/aromatic N) is 1. The third-order valence-electron chi connectivity index (χ3n) is 13.0. The summed E-state index contributed by atoms with van der Waals surface area (Å²) in [5.74, 6) is 0. The van der Waals surface area contributed by atoms with Crippen LogP contribution >= 0.6 is 0 Å². The van der Waals surface area contributed by atoms with Crippen LogP contribution in [0.2, 0.25) is 0 Å². The van der Waals surface area contributed by atoms with Crippen LogP contribution in [0.15, 0.2) is 253 Å². The lowest BCUT2D eigenvalue weighted by Crippen LogP contribution is -2.28. The van der Waals surface area contributed by atoms with Crippen molar-refractivity contribution in [1.82, 2.24) is 0 Å². The van der Waals surface area contributed by atoms with Crippen LogP contribution in [0.5, 0.6) is 0 Å². The van der Waals surface area contributed by atoms with Crippen molar-refractivity contribution in [1.29, 1.82) is 0 Å². The fraction of sp³-hybridized carbons (Fsp3) is 0.0164. The van der Waals surface area contributed by atoms with E-state index in [-0.39, 0.29) is 0 Å². The highest BCUT2D eigenvalue weighted by atomic mass is 16.3. The molecule has 0 atom stereocenters. The van der Waals surface area contributed by atoms with E-state index in [4.69, 9.17) is 4.42 Å². The van der Waals surface area contributed by atoms with Crippen molar-refractivity contribution < 1.29 is 4.42 Å². The van der Waals surface area contributed by atoms with E-state index in [9.17, 15) is 0 Å². The minimum Gasteiger partial charge on any atom is -0.455 e. The van der Waals surface area contributed by atoms with E-state index in [1.807, 2.05) is 12.1 Å². The number of anilines is 3. The largest absolute Gasteiger partial charge is 0.455 e. The second-order valence-electron chi connectivity index (χ2n) is 16.3. The molecule has 0 radical (unpaired) electrons. The molecule has 11 aromatic rings. The first kappa shape index (κ1) is 36.6. The van der Waals surface area contributed by atoms with Crippen LogP contribution in [0.1, 0.15) is 22.3 Å². The SMILES string of the molecule is c1ccc(-c2ccccc2-c2ccccc2N(c2ccc(-c3cccc4c3oc3ccccc34)cc2)c2ccc3c(c2)C(c2ccccc2)(c2ccccc2)c2ccccc2-3)cc1. The maximum absolute atomic E-state index is 6.52. The van der Waals surface area contributed by atoms with E-state index in [2.05, 4.69) is 241 Å². The number of rotatable bonds is 8. The zero-order valence-corrected chi connectivity index (χ0v) is 34.5. The number of hydrogen-bond acceptors (Lipinski definition) is 2. The lowest BCUT2D eigenvalue weighted by atomic mass is 9.67. The fourth-order valence-electron chi connectivity index (χ4n) is 10.2. The third-order valence-corrected chi connectivity index (χ3v) is 13.0. The Morgan fingerprint density at radius 3 is 1.59 bits per heavy atom. The Balaban J connectivity index is 1.10. The Kier molecular flexibility index (Phi) is 8.76. The number of benzene rings is 10. The highest BCUT2D eigenvalue weighted by Crippen LogP contribution is 2.57. The summed E-state index contributed by atoms with van der Waals surface area (Å²) in [5.41, 5.74) is 18.9. The number of furan rings is 1. The first-order chi connectivity index (χ1) is 31.3. The molecule has 0 unspecified atom stereocenters. The van der Waals surface area contributed by atoms with Crippen LogP contribution in [-0.4, -0.2) is 0 Å². The zero-order valence-electron chi connectivity index (χ0n) is 34.5. The second kappa shape index (κ2) is 15.1. The van der Waals surface area contributed by atoms with E-state index >= 15 is 0 Å². The maximum Gasteiger partial charge on any atom is 0.143 e. The van der Waals surface area contributed by atoms with Gasteiger partial charge >= 0.3 is 0 Å². The van der Waals surface area contributed by atoms with Gasteiger partial charge in [0.05, 0.1) is 11.1 Å². The van der Waals surface area contributed by atoms with Gasteiger partial charge < -0.3 is 9.32 Å². The minimum absolute atomic E-state index is 0.537. The van der Waals surface area contributed by atoms with Crippen LogP contribution in [0.25, 0.3) is 66.4 Å². The van der Waals surface area contributed by atoms with E-state index in [0.717, 1.165) is 55.7 Å². The van der Waals surface area contributed by atoms with Crippen molar-refractivity contribution >= 4 is 39.0 Å². The topological polar surface area (TPSA) is 16.4 Å². The van der Waals surface area contributed by atoms with Crippen molar-refractivity contribution in [3.8, 4) is 44.5 Å². The Labute approximate surface area is 367 Å². The molecule has 0 bridgehead atoms. The average Bonchev–Trinajstić information content (AvgIpc) is 3.89. The first-order valence-corrected chi connectivity index (χ1v) is 21.7. The van der Waals surface area contributed by atoms with E-state index in [1.54, 1.807) is 0 Å². The van der Waals surface area contributed by atoms with E-state index < -0.39 is 5.41 Å². The van der Waals surface area contributed by atoms with E-state index in [0.29, 0.717) is 0 Å². The van der Waals surface area contributed by atoms with Gasteiger partial charge in [-0.3, -0.25) is 0 Å². The molecule has 0 aliphatic heterocycles. The molecule has 1 aromatic heterocycles. The quantitative estimate of drug-likeness (QED) is 0.152. The summed E-state index contributed by atoms with van der Waals surface area (Å²) >= 11 is 0. The summed E-state index contributed by atoms with van der Waals surface area (Å²) in [6, 6.07) is 90.3. The van der Waals surface area contributed by atoms with Gasteiger partial charge in [-0.15, -0.1) is 0 Å². The van der Waals surface area contributed by atoms with Crippen molar-refractivity contribution in [2.75, 3.05) is 4.90 Å². The van der Waals surface area contributed by atoms with Crippen LogP contribution in [-0.2, 0) is 5.41 Å². The summed E-state index contributed by atoms with van der Waals surface area (Å²) in [6.07, 6.45) is 0. The van der Waals surface area contributed by atoms with Crippen LogP contribution < -0.4 is 4.90 Å². The molecule has 12 rings (SSSR count). The molecule has 0 spiro atoms. The summed E-state index contributed by atoms with van der Waals surface area (Å²) in [4.78, 5) is 2.45. The molecule has 2 heteroatoms. The predicted octanol–water partition coefficient (Wildman–Crippen LogP) is 16.4.